The number of benzene rings is 1. The molecular formula is C11H10ClNO. The summed E-state index contributed by atoms with van der Waals surface area (Å²) in [5.41, 5.74) is 3.13. The van der Waals surface area contributed by atoms with Gasteiger partial charge in [0.25, 0.3) is 0 Å². The van der Waals surface area contributed by atoms with E-state index in [1.807, 2.05) is 31.2 Å². The number of anilines is 1. The van der Waals surface area contributed by atoms with Crippen molar-refractivity contribution in [2.45, 2.75) is 11.9 Å². The lowest BCUT2D eigenvalue weighted by Gasteiger charge is -2.25. The highest BCUT2D eigenvalue weighted by atomic mass is 35.5. The fraction of sp³-hybridized carbons (Fsp3) is 0.182. The second-order valence-corrected chi connectivity index (χ2v) is 4.06. The molecule has 0 saturated heterocycles. The molecule has 1 aromatic rings. The summed E-state index contributed by atoms with van der Waals surface area (Å²) in [6, 6.07) is 5.95. The molecule has 2 rings (SSSR count). The van der Waals surface area contributed by atoms with Crippen molar-refractivity contribution in [2.75, 3.05) is 5.32 Å². The average Bonchev–Trinajstić information content (AvgIpc) is 2.19. The molecule has 14 heavy (non-hydrogen) atoms. The van der Waals surface area contributed by atoms with E-state index in [0.717, 1.165) is 11.3 Å². The highest BCUT2D eigenvalue weighted by Crippen LogP contribution is 2.30. The number of aldehydes is 1. The van der Waals surface area contributed by atoms with Crippen molar-refractivity contribution in [1.29, 1.82) is 0 Å². The average molecular weight is 208 g/mol. The van der Waals surface area contributed by atoms with Gasteiger partial charge in [0.15, 0.2) is 11.3 Å². The van der Waals surface area contributed by atoms with Crippen LogP contribution in [0.25, 0.3) is 6.08 Å². The summed E-state index contributed by atoms with van der Waals surface area (Å²) >= 11 is 5.96. The Labute approximate surface area is 87.6 Å². The maximum Gasteiger partial charge on any atom is 0.187 e. The topological polar surface area (TPSA) is 29.1 Å². The van der Waals surface area contributed by atoms with Gasteiger partial charge in [-0.25, -0.2) is 0 Å². The summed E-state index contributed by atoms with van der Waals surface area (Å²) in [5.74, 6) is 0. The molecule has 0 aliphatic carbocycles. The third kappa shape index (κ3) is 1.53. The lowest BCUT2D eigenvalue weighted by Crippen LogP contribution is -2.33. The molecule has 1 unspecified atom stereocenters. The first-order valence-electron chi connectivity index (χ1n) is 4.36. The van der Waals surface area contributed by atoms with Crippen molar-refractivity contribution in [2.24, 2.45) is 0 Å². The van der Waals surface area contributed by atoms with E-state index in [2.05, 4.69) is 5.32 Å². The quantitative estimate of drug-likeness (QED) is 0.436. The third-order valence-corrected chi connectivity index (χ3v) is 2.52. The Kier molecular flexibility index (Phi) is 2.08. The molecule has 1 heterocycles. The third-order valence-electron chi connectivity index (χ3n) is 2.21. The summed E-state index contributed by atoms with van der Waals surface area (Å²) in [6.07, 6.45) is 4.21. The highest BCUT2D eigenvalue weighted by molar-refractivity contribution is 6.35. The molecule has 1 N–H and O–H groups in total. The minimum absolute atomic E-state index is 0.688. The van der Waals surface area contributed by atoms with Crippen molar-refractivity contribution in [3.8, 4) is 0 Å². The Morgan fingerprint density at radius 2 is 2.29 bits per heavy atom. The number of aryl methyl sites for hydroxylation is 1. The zero-order valence-electron chi connectivity index (χ0n) is 7.75. The van der Waals surface area contributed by atoms with Gasteiger partial charge in [-0.05, 0) is 30.7 Å². The molecule has 1 aliphatic heterocycles. The summed E-state index contributed by atoms with van der Waals surface area (Å²) < 4.78 is 0. The van der Waals surface area contributed by atoms with E-state index in [1.165, 1.54) is 5.56 Å². The summed E-state index contributed by atoms with van der Waals surface area (Å²) in [5, 5.41) is 2.96. The summed E-state index contributed by atoms with van der Waals surface area (Å²) in [4.78, 5) is 9.63. The van der Waals surface area contributed by atoms with E-state index in [0.29, 0.717) is 6.29 Å². The SMILES string of the molecule is Cc1ccc2c(c1)C=CC(Cl)(C=O)N2. The predicted molar refractivity (Wildman–Crippen MR) is 58.5 cm³/mol. The lowest BCUT2D eigenvalue weighted by molar-refractivity contribution is -0.108. The zero-order chi connectivity index (χ0) is 10.2. The van der Waals surface area contributed by atoms with Crippen molar-refractivity contribution >= 4 is 29.7 Å². The maximum absolute atomic E-state index is 10.7. The minimum Gasteiger partial charge on any atom is -0.357 e. The number of halogens is 1. The molecular weight excluding hydrogens is 198 g/mol. The van der Waals surface area contributed by atoms with Crippen molar-refractivity contribution < 1.29 is 4.79 Å². The Morgan fingerprint density at radius 3 is 3.00 bits per heavy atom. The molecule has 1 aliphatic rings. The molecule has 3 heteroatoms. The number of carbonyl (C=O) groups is 1. The van der Waals surface area contributed by atoms with Crippen LogP contribution in [-0.2, 0) is 4.79 Å². The van der Waals surface area contributed by atoms with Crippen LogP contribution in [-0.4, -0.2) is 11.3 Å². The minimum atomic E-state index is -1.08. The van der Waals surface area contributed by atoms with Gasteiger partial charge in [-0.1, -0.05) is 29.3 Å². The summed E-state index contributed by atoms with van der Waals surface area (Å²) in [6.45, 7) is 2.02. The number of carbonyl (C=O) groups excluding carboxylic acids is 1. The van der Waals surface area contributed by atoms with Crippen LogP contribution in [0.5, 0.6) is 0 Å². The fourth-order valence-electron chi connectivity index (χ4n) is 1.46. The molecule has 0 fully saturated rings. The van der Waals surface area contributed by atoms with Crippen molar-refractivity contribution in [1.82, 2.24) is 0 Å². The first-order chi connectivity index (χ1) is 6.63. The number of rotatable bonds is 1. The number of nitrogens with one attached hydrogen (secondary N) is 1. The van der Waals surface area contributed by atoms with E-state index in [-0.39, 0.29) is 0 Å². The molecule has 0 spiro atoms. The van der Waals surface area contributed by atoms with Crippen molar-refractivity contribution in [3.05, 3.63) is 35.4 Å². The Morgan fingerprint density at radius 1 is 1.50 bits per heavy atom. The molecule has 0 amide bonds. The van der Waals surface area contributed by atoms with Crippen LogP contribution in [0.3, 0.4) is 0 Å². The van der Waals surface area contributed by atoms with Gasteiger partial charge < -0.3 is 5.32 Å². The molecule has 0 bridgehead atoms. The largest absolute Gasteiger partial charge is 0.357 e. The Hall–Kier alpha value is -1.28. The summed E-state index contributed by atoms with van der Waals surface area (Å²) in [7, 11) is 0. The first-order valence-corrected chi connectivity index (χ1v) is 4.74. The monoisotopic (exact) mass is 207 g/mol. The van der Waals surface area contributed by atoms with Gasteiger partial charge in [-0.15, -0.1) is 0 Å². The van der Waals surface area contributed by atoms with Crippen LogP contribution in [0.2, 0.25) is 0 Å². The Bertz CT molecular complexity index is 414. The predicted octanol–water partition coefficient (Wildman–Crippen LogP) is 2.57. The van der Waals surface area contributed by atoms with Gasteiger partial charge in [0.05, 0.1) is 0 Å². The standard InChI is InChI=1S/C11H10ClNO/c1-8-2-3-10-9(6-8)4-5-11(12,7-14)13-10/h2-7,13H,1H3. The smallest absolute Gasteiger partial charge is 0.187 e. The van der Waals surface area contributed by atoms with Gasteiger partial charge in [0, 0.05) is 5.69 Å². The van der Waals surface area contributed by atoms with Crippen molar-refractivity contribution in [3.63, 3.8) is 0 Å². The number of alkyl halides is 1. The Balaban J connectivity index is 2.45. The normalized spacial score (nSPS) is 23.9. The first kappa shape index (κ1) is 9.28. The van der Waals surface area contributed by atoms with Crippen LogP contribution >= 0.6 is 11.6 Å². The molecule has 72 valence electrons. The molecule has 1 aromatic carbocycles. The number of hydrogen-bond donors (Lipinski definition) is 1. The van der Waals surface area contributed by atoms with Crippen LogP contribution in [0, 0.1) is 6.92 Å². The van der Waals surface area contributed by atoms with E-state index in [1.54, 1.807) is 6.08 Å². The second-order valence-electron chi connectivity index (χ2n) is 3.43. The number of hydrogen-bond acceptors (Lipinski definition) is 2. The van der Waals surface area contributed by atoms with E-state index in [9.17, 15) is 4.79 Å². The van der Waals surface area contributed by atoms with Crippen LogP contribution < -0.4 is 5.32 Å². The van der Waals surface area contributed by atoms with E-state index < -0.39 is 5.00 Å². The van der Waals surface area contributed by atoms with Crippen LogP contribution in [0.4, 0.5) is 5.69 Å². The second kappa shape index (κ2) is 3.14. The maximum atomic E-state index is 10.7. The van der Waals surface area contributed by atoms with Gasteiger partial charge in [0.1, 0.15) is 0 Å². The van der Waals surface area contributed by atoms with Gasteiger partial charge in [-0.2, -0.15) is 0 Å². The van der Waals surface area contributed by atoms with Gasteiger partial charge in [-0.3, -0.25) is 4.79 Å². The zero-order valence-corrected chi connectivity index (χ0v) is 8.51. The van der Waals surface area contributed by atoms with Gasteiger partial charge >= 0.3 is 0 Å². The number of fused-ring (bicyclic) bond motifs is 1. The highest BCUT2D eigenvalue weighted by Gasteiger charge is 2.26. The molecule has 0 saturated carbocycles. The molecule has 0 radical (unpaired) electrons. The fourth-order valence-corrected chi connectivity index (χ4v) is 1.63. The van der Waals surface area contributed by atoms with E-state index in [4.69, 9.17) is 11.6 Å². The van der Waals surface area contributed by atoms with Crippen LogP contribution in [0.1, 0.15) is 11.1 Å². The van der Waals surface area contributed by atoms with Crippen LogP contribution in [0.15, 0.2) is 24.3 Å². The van der Waals surface area contributed by atoms with Gasteiger partial charge in [0.2, 0.25) is 0 Å². The molecule has 2 nitrogen and oxygen atoms in total. The lowest BCUT2D eigenvalue weighted by atomic mass is 10.0. The van der Waals surface area contributed by atoms with E-state index >= 15 is 0 Å². The molecule has 1 atom stereocenters. The molecule has 0 aromatic heterocycles.